The molecule has 0 amide bonds. The zero-order chi connectivity index (χ0) is 11.5. The van der Waals surface area contributed by atoms with Gasteiger partial charge in [0.25, 0.3) is 0 Å². The molecule has 0 bridgehead atoms. The van der Waals surface area contributed by atoms with Gasteiger partial charge in [0, 0.05) is 11.4 Å². The Morgan fingerprint density at radius 1 is 1.19 bits per heavy atom. The van der Waals surface area contributed by atoms with Crippen LogP contribution in [-0.2, 0) is 0 Å². The molecular weight excluding hydrogens is 270 g/mol. The molecule has 5 heteroatoms. The van der Waals surface area contributed by atoms with E-state index >= 15 is 0 Å². The highest BCUT2D eigenvalue weighted by molar-refractivity contribution is 9.10. The number of phenols is 1. The average molecular weight is 280 g/mol. The van der Waals surface area contributed by atoms with Crippen LogP contribution in [0.4, 0.5) is 11.6 Å². The first-order valence-corrected chi connectivity index (χ1v) is 5.50. The summed E-state index contributed by atoms with van der Waals surface area (Å²) in [6, 6.07) is 8.56. The fraction of sp³-hybridized carbons (Fsp3) is 0.0909. The number of phenolic OH excluding ortho intramolecular Hbond substituents is 1. The van der Waals surface area contributed by atoms with Crippen molar-refractivity contribution < 1.29 is 5.11 Å². The topological polar surface area (TPSA) is 58.0 Å². The molecule has 0 unspecified atom stereocenters. The van der Waals surface area contributed by atoms with Crippen molar-refractivity contribution in [2.24, 2.45) is 0 Å². The van der Waals surface area contributed by atoms with E-state index in [-0.39, 0.29) is 5.75 Å². The number of hydrogen-bond donors (Lipinski definition) is 2. The van der Waals surface area contributed by atoms with E-state index in [0.717, 1.165) is 16.0 Å². The van der Waals surface area contributed by atoms with Crippen LogP contribution in [0.15, 0.2) is 34.9 Å². The number of halogens is 1. The molecule has 82 valence electrons. The Hall–Kier alpha value is -1.62. The molecule has 4 nitrogen and oxygen atoms in total. The molecule has 0 aliphatic rings. The normalized spacial score (nSPS) is 10.1. The molecule has 0 aliphatic carbocycles. The number of nitrogens with one attached hydrogen (secondary N) is 1. The van der Waals surface area contributed by atoms with Gasteiger partial charge < -0.3 is 10.4 Å². The Morgan fingerprint density at radius 2 is 1.88 bits per heavy atom. The van der Waals surface area contributed by atoms with Crippen LogP contribution in [0, 0.1) is 6.92 Å². The third-order valence-corrected chi connectivity index (χ3v) is 2.35. The first-order valence-electron chi connectivity index (χ1n) is 4.71. The Morgan fingerprint density at radius 3 is 2.50 bits per heavy atom. The van der Waals surface area contributed by atoms with Crippen LogP contribution in [0.1, 0.15) is 5.69 Å². The monoisotopic (exact) mass is 279 g/mol. The minimum absolute atomic E-state index is 0.233. The van der Waals surface area contributed by atoms with E-state index in [9.17, 15) is 0 Å². The summed E-state index contributed by atoms with van der Waals surface area (Å²) in [6.07, 6.45) is 0. The number of aromatic hydroxyl groups is 1. The highest BCUT2D eigenvalue weighted by Gasteiger charge is 2.00. The molecule has 1 aromatic carbocycles. The molecule has 16 heavy (non-hydrogen) atoms. The van der Waals surface area contributed by atoms with E-state index in [1.165, 1.54) is 0 Å². The number of anilines is 2. The zero-order valence-electron chi connectivity index (χ0n) is 8.61. The number of aryl methyl sites for hydroxylation is 1. The van der Waals surface area contributed by atoms with Gasteiger partial charge in [-0.2, -0.15) is 0 Å². The second-order valence-corrected chi connectivity index (χ2v) is 4.14. The van der Waals surface area contributed by atoms with Gasteiger partial charge in [-0.3, -0.25) is 0 Å². The van der Waals surface area contributed by atoms with Gasteiger partial charge in [0.1, 0.15) is 10.4 Å². The molecule has 0 radical (unpaired) electrons. The van der Waals surface area contributed by atoms with Crippen LogP contribution in [0.25, 0.3) is 0 Å². The van der Waals surface area contributed by atoms with E-state index < -0.39 is 0 Å². The molecular formula is C11H10BrN3O. The third-order valence-electron chi connectivity index (χ3n) is 1.95. The molecule has 0 fully saturated rings. The third kappa shape index (κ3) is 2.70. The first-order chi connectivity index (χ1) is 7.63. The Labute approximate surface area is 102 Å². The van der Waals surface area contributed by atoms with Crippen LogP contribution >= 0.6 is 15.9 Å². The predicted octanol–water partition coefficient (Wildman–Crippen LogP) is 3.00. The number of hydrogen-bond acceptors (Lipinski definition) is 4. The molecule has 2 rings (SSSR count). The maximum Gasteiger partial charge on any atom is 0.228 e. The molecule has 1 heterocycles. The van der Waals surface area contributed by atoms with Gasteiger partial charge in [-0.1, -0.05) is 0 Å². The predicted molar refractivity (Wildman–Crippen MR) is 65.9 cm³/mol. The van der Waals surface area contributed by atoms with E-state index in [4.69, 9.17) is 5.11 Å². The molecule has 0 atom stereocenters. The summed E-state index contributed by atoms with van der Waals surface area (Å²) in [5.74, 6) is 0.759. The largest absolute Gasteiger partial charge is 0.508 e. The summed E-state index contributed by atoms with van der Waals surface area (Å²) in [5, 5.41) is 12.2. The van der Waals surface area contributed by atoms with Gasteiger partial charge in [0.15, 0.2) is 0 Å². The molecule has 0 spiro atoms. The van der Waals surface area contributed by atoms with Gasteiger partial charge in [0.2, 0.25) is 5.95 Å². The highest BCUT2D eigenvalue weighted by atomic mass is 79.9. The summed E-state index contributed by atoms with van der Waals surface area (Å²) in [6.45, 7) is 1.90. The lowest BCUT2D eigenvalue weighted by molar-refractivity contribution is 0.475. The van der Waals surface area contributed by atoms with Crippen molar-refractivity contribution in [2.45, 2.75) is 6.92 Å². The fourth-order valence-corrected chi connectivity index (χ4v) is 1.76. The van der Waals surface area contributed by atoms with Crippen LogP contribution in [0.3, 0.4) is 0 Å². The lowest BCUT2D eigenvalue weighted by Gasteiger charge is -2.05. The van der Waals surface area contributed by atoms with Crippen molar-refractivity contribution in [3.63, 3.8) is 0 Å². The number of rotatable bonds is 2. The van der Waals surface area contributed by atoms with Crippen LogP contribution < -0.4 is 5.32 Å². The minimum Gasteiger partial charge on any atom is -0.508 e. The van der Waals surface area contributed by atoms with Crippen molar-refractivity contribution in [2.75, 3.05) is 5.32 Å². The standard InChI is InChI=1S/C11H10BrN3O/c1-7-6-10(12)15-11(13-7)14-8-2-4-9(16)5-3-8/h2-6,16H,1H3,(H,13,14,15). The van der Waals surface area contributed by atoms with Crippen molar-refractivity contribution in [1.29, 1.82) is 0 Å². The van der Waals surface area contributed by atoms with Crippen molar-refractivity contribution in [3.05, 3.63) is 40.6 Å². The van der Waals surface area contributed by atoms with E-state index in [2.05, 4.69) is 31.2 Å². The maximum absolute atomic E-state index is 9.14. The van der Waals surface area contributed by atoms with Crippen LogP contribution in [0.5, 0.6) is 5.75 Å². The van der Waals surface area contributed by atoms with Crippen molar-refractivity contribution >= 4 is 27.6 Å². The minimum atomic E-state index is 0.233. The second kappa shape index (κ2) is 4.49. The molecule has 0 aliphatic heterocycles. The first kappa shape index (κ1) is 10.9. The summed E-state index contributed by atoms with van der Waals surface area (Å²) in [7, 11) is 0. The summed E-state index contributed by atoms with van der Waals surface area (Å²) < 4.78 is 0.737. The quantitative estimate of drug-likeness (QED) is 0.656. The molecule has 1 aromatic heterocycles. The molecule has 0 saturated carbocycles. The van der Waals surface area contributed by atoms with Crippen molar-refractivity contribution in [1.82, 2.24) is 9.97 Å². The van der Waals surface area contributed by atoms with Crippen molar-refractivity contribution in [3.8, 4) is 5.75 Å². The van der Waals surface area contributed by atoms with Gasteiger partial charge in [-0.25, -0.2) is 9.97 Å². The van der Waals surface area contributed by atoms with Gasteiger partial charge in [-0.15, -0.1) is 0 Å². The average Bonchev–Trinajstić information content (AvgIpc) is 2.20. The second-order valence-electron chi connectivity index (χ2n) is 3.33. The lowest BCUT2D eigenvalue weighted by Crippen LogP contribution is -1.98. The highest BCUT2D eigenvalue weighted by Crippen LogP contribution is 2.18. The van der Waals surface area contributed by atoms with Crippen LogP contribution in [-0.4, -0.2) is 15.1 Å². The Balaban J connectivity index is 2.23. The molecule has 2 N–H and O–H groups in total. The van der Waals surface area contributed by atoms with Gasteiger partial charge >= 0.3 is 0 Å². The number of benzene rings is 1. The van der Waals surface area contributed by atoms with E-state index in [1.54, 1.807) is 24.3 Å². The SMILES string of the molecule is Cc1cc(Br)nc(Nc2ccc(O)cc2)n1. The fourth-order valence-electron chi connectivity index (χ4n) is 1.26. The molecule has 0 saturated heterocycles. The van der Waals surface area contributed by atoms with E-state index in [1.807, 2.05) is 13.0 Å². The Kier molecular flexibility index (Phi) is 3.05. The zero-order valence-corrected chi connectivity index (χ0v) is 10.2. The Bertz CT molecular complexity index is 479. The van der Waals surface area contributed by atoms with Gasteiger partial charge in [-0.05, 0) is 53.2 Å². The lowest BCUT2D eigenvalue weighted by atomic mass is 10.3. The summed E-state index contributed by atoms with van der Waals surface area (Å²) in [5.41, 5.74) is 1.71. The number of aromatic nitrogens is 2. The van der Waals surface area contributed by atoms with Gasteiger partial charge in [0.05, 0.1) is 0 Å². The molecule has 2 aromatic rings. The van der Waals surface area contributed by atoms with Crippen LogP contribution in [0.2, 0.25) is 0 Å². The summed E-state index contributed by atoms with van der Waals surface area (Å²) in [4.78, 5) is 8.42. The summed E-state index contributed by atoms with van der Waals surface area (Å²) >= 11 is 3.31. The smallest absolute Gasteiger partial charge is 0.228 e. The number of nitrogens with zero attached hydrogens (tertiary/aromatic N) is 2. The maximum atomic E-state index is 9.14. The van der Waals surface area contributed by atoms with E-state index in [0.29, 0.717) is 5.95 Å².